The third kappa shape index (κ3) is 3.61. The van der Waals surface area contributed by atoms with E-state index in [1.165, 1.54) is 18.2 Å². The first-order valence-electron chi connectivity index (χ1n) is 7.72. The number of anilines is 1. The lowest BCUT2D eigenvalue weighted by Crippen LogP contribution is -2.38. The molecule has 0 unspecified atom stereocenters. The Bertz CT molecular complexity index is 630. The topological polar surface area (TPSA) is 32.3 Å². The molecule has 0 radical (unpaired) electrons. The fourth-order valence-corrected chi connectivity index (χ4v) is 2.89. The molecule has 1 heterocycles. The Kier molecular flexibility index (Phi) is 4.20. The minimum Gasteiger partial charge on any atom is -0.325 e. The summed E-state index contributed by atoms with van der Waals surface area (Å²) in [6.07, 6.45) is 2.40. The van der Waals surface area contributed by atoms with Crippen LogP contribution in [0.5, 0.6) is 0 Å². The minimum absolute atomic E-state index is 0.0832. The monoisotopic (exact) mass is 282 g/mol. The van der Waals surface area contributed by atoms with Gasteiger partial charge in [-0.25, -0.2) is 0 Å². The van der Waals surface area contributed by atoms with Crippen molar-refractivity contribution in [3.8, 4) is 0 Å². The number of amides is 1. The van der Waals surface area contributed by atoms with E-state index in [4.69, 9.17) is 0 Å². The number of fused-ring (bicyclic) bond motifs is 1. The van der Waals surface area contributed by atoms with Crippen LogP contribution in [0.3, 0.4) is 0 Å². The van der Waals surface area contributed by atoms with E-state index >= 15 is 0 Å². The molecule has 1 aliphatic rings. The summed E-state index contributed by atoms with van der Waals surface area (Å²) in [6.45, 7) is 4.85. The van der Waals surface area contributed by atoms with Gasteiger partial charge in [0.2, 0.25) is 5.91 Å². The van der Waals surface area contributed by atoms with Crippen LogP contribution in [0, 0.1) is 5.92 Å². The Hall–Kier alpha value is -1.87. The van der Waals surface area contributed by atoms with Crippen LogP contribution in [-0.4, -0.2) is 30.4 Å². The van der Waals surface area contributed by atoms with E-state index in [1.54, 1.807) is 0 Å². The highest BCUT2D eigenvalue weighted by molar-refractivity contribution is 5.95. The van der Waals surface area contributed by atoms with Gasteiger partial charge in [-0.1, -0.05) is 37.3 Å². The van der Waals surface area contributed by atoms with Gasteiger partial charge < -0.3 is 5.32 Å². The van der Waals surface area contributed by atoms with Crippen molar-refractivity contribution in [3.05, 3.63) is 42.5 Å². The van der Waals surface area contributed by atoms with Gasteiger partial charge in [-0.05, 0) is 54.8 Å². The predicted molar refractivity (Wildman–Crippen MR) is 87.4 cm³/mol. The van der Waals surface area contributed by atoms with Crippen LogP contribution in [0.2, 0.25) is 0 Å². The third-order valence-electron chi connectivity index (χ3n) is 4.28. The lowest BCUT2D eigenvalue weighted by molar-refractivity contribution is -0.117. The van der Waals surface area contributed by atoms with Gasteiger partial charge in [0, 0.05) is 5.69 Å². The van der Waals surface area contributed by atoms with Crippen molar-refractivity contribution < 1.29 is 4.79 Å². The Balaban J connectivity index is 1.60. The van der Waals surface area contributed by atoms with Crippen molar-refractivity contribution in [2.45, 2.75) is 19.8 Å². The molecule has 1 fully saturated rings. The zero-order chi connectivity index (χ0) is 14.7. The molecule has 3 nitrogen and oxygen atoms in total. The number of benzene rings is 2. The van der Waals surface area contributed by atoms with Gasteiger partial charge in [-0.3, -0.25) is 9.69 Å². The number of piperidine rings is 1. The lowest BCUT2D eigenvalue weighted by Gasteiger charge is -2.29. The van der Waals surface area contributed by atoms with E-state index < -0.39 is 0 Å². The average molecular weight is 282 g/mol. The second kappa shape index (κ2) is 6.27. The zero-order valence-corrected chi connectivity index (χ0v) is 12.5. The lowest BCUT2D eigenvalue weighted by atomic mass is 9.99. The molecular weight excluding hydrogens is 260 g/mol. The second-order valence-electron chi connectivity index (χ2n) is 6.07. The Labute approximate surface area is 125 Å². The van der Waals surface area contributed by atoms with Crippen LogP contribution in [0.25, 0.3) is 10.8 Å². The average Bonchev–Trinajstić information content (AvgIpc) is 2.49. The van der Waals surface area contributed by atoms with Crippen molar-refractivity contribution in [2.24, 2.45) is 5.92 Å². The first kappa shape index (κ1) is 14.1. The second-order valence-corrected chi connectivity index (χ2v) is 6.07. The van der Waals surface area contributed by atoms with Crippen LogP contribution in [0.1, 0.15) is 19.8 Å². The normalized spacial score (nSPS) is 17.0. The third-order valence-corrected chi connectivity index (χ3v) is 4.28. The molecule has 1 saturated heterocycles. The Morgan fingerprint density at radius 1 is 1.14 bits per heavy atom. The number of carbonyl (C=O) groups is 1. The van der Waals surface area contributed by atoms with E-state index in [-0.39, 0.29) is 5.91 Å². The number of nitrogens with one attached hydrogen (secondary N) is 1. The maximum Gasteiger partial charge on any atom is 0.238 e. The molecule has 1 aliphatic heterocycles. The first-order chi connectivity index (χ1) is 10.2. The van der Waals surface area contributed by atoms with Gasteiger partial charge in [-0.2, -0.15) is 0 Å². The SMILES string of the molecule is CC1CCN(CC(=O)Nc2ccc3ccccc3c2)CC1. The number of rotatable bonds is 3. The summed E-state index contributed by atoms with van der Waals surface area (Å²) < 4.78 is 0. The fourth-order valence-electron chi connectivity index (χ4n) is 2.89. The van der Waals surface area contributed by atoms with Crippen LogP contribution in [-0.2, 0) is 4.79 Å². The van der Waals surface area contributed by atoms with Crippen LogP contribution in [0.4, 0.5) is 5.69 Å². The highest BCUT2D eigenvalue weighted by atomic mass is 16.2. The molecule has 0 aliphatic carbocycles. The molecule has 1 N–H and O–H groups in total. The van der Waals surface area contributed by atoms with E-state index in [9.17, 15) is 4.79 Å². The molecule has 0 aromatic heterocycles. The van der Waals surface area contributed by atoms with Crippen molar-refractivity contribution in [1.29, 1.82) is 0 Å². The molecular formula is C18H22N2O. The van der Waals surface area contributed by atoms with E-state index in [2.05, 4.69) is 29.3 Å². The van der Waals surface area contributed by atoms with E-state index in [0.717, 1.165) is 30.1 Å². The molecule has 0 atom stereocenters. The summed E-state index contributed by atoms with van der Waals surface area (Å²) in [4.78, 5) is 14.4. The molecule has 2 aromatic carbocycles. The van der Waals surface area contributed by atoms with Crippen molar-refractivity contribution in [2.75, 3.05) is 25.0 Å². The van der Waals surface area contributed by atoms with Gasteiger partial charge >= 0.3 is 0 Å². The van der Waals surface area contributed by atoms with Gasteiger partial charge in [0.05, 0.1) is 6.54 Å². The first-order valence-corrected chi connectivity index (χ1v) is 7.72. The molecule has 2 aromatic rings. The van der Waals surface area contributed by atoms with Crippen molar-refractivity contribution >= 4 is 22.4 Å². The molecule has 110 valence electrons. The van der Waals surface area contributed by atoms with Crippen LogP contribution < -0.4 is 5.32 Å². The highest BCUT2D eigenvalue weighted by Gasteiger charge is 2.17. The Morgan fingerprint density at radius 3 is 2.62 bits per heavy atom. The summed E-state index contributed by atoms with van der Waals surface area (Å²) >= 11 is 0. The summed E-state index contributed by atoms with van der Waals surface area (Å²) in [7, 11) is 0. The highest BCUT2D eigenvalue weighted by Crippen LogP contribution is 2.19. The molecule has 0 saturated carbocycles. The molecule has 3 rings (SSSR count). The number of hydrogen-bond donors (Lipinski definition) is 1. The molecule has 1 amide bonds. The molecule has 0 bridgehead atoms. The standard InChI is InChI=1S/C18H22N2O/c1-14-8-10-20(11-9-14)13-18(21)19-17-7-6-15-4-2-3-5-16(15)12-17/h2-7,12,14H,8-11,13H2,1H3,(H,19,21). The summed E-state index contributed by atoms with van der Waals surface area (Å²) in [6, 6.07) is 14.2. The van der Waals surface area contributed by atoms with Gasteiger partial charge in [-0.15, -0.1) is 0 Å². The number of hydrogen-bond acceptors (Lipinski definition) is 2. The molecule has 3 heteroatoms. The summed E-state index contributed by atoms with van der Waals surface area (Å²) in [5.74, 6) is 0.879. The van der Waals surface area contributed by atoms with E-state index in [0.29, 0.717) is 6.54 Å². The van der Waals surface area contributed by atoms with Crippen molar-refractivity contribution in [3.63, 3.8) is 0 Å². The smallest absolute Gasteiger partial charge is 0.238 e. The van der Waals surface area contributed by atoms with Gasteiger partial charge in [0.25, 0.3) is 0 Å². The summed E-state index contributed by atoms with van der Waals surface area (Å²) in [5, 5.41) is 5.36. The van der Waals surface area contributed by atoms with Gasteiger partial charge in [0.1, 0.15) is 0 Å². The maximum absolute atomic E-state index is 12.1. The van der Waals surface area contributed by atoms with Crippen molar-refractivity contribution in [1.82, 2.24) is 4.90 Å². The molecule has 0 spiro atoms. The predicted octanol–water partition coefficient (Wildman–Crippen LogP) is 3.51. The van der Waals surface area contributed by atoms with E-state index in [1.807, 2.05) is 30.3 Å². The number of nitrogens with zero attached hydrogens (tertiary/aromatic N) is 1. The minimum atomic E-state index is 0.0832. The van der Waals surface area contributed by atoms with Crippen LogP contribution >= 0.6 is 0 Å². The molecule has 21 heavy (non-hydrogen) atoms. The fraction of sp³-hybridized carbons (Fsp3) is 0.389. The largest absolute Gasteiger partial charge is 0.325 e. The van der Waals surface area contributed by atoms with Gasteiger partial charge in [0.15, 0.2) is 0 Å². The maximum atomic E-state index is 12.1. The summed E-state index contributed by atoms with van der Waals surface area (Å²) in [5.41, 5.74) is 0.879. The Morgan fingerprint density at radius 2 is 1.86 bits per heavy atom. The zero-order valence-electron chi connectivity index (χ0n) is 12.5. The number of likely N-dealkylation sites (tertiary alicyclic amines) is 1. The van der Waals surface area contributed by atoms with Crippen LogP contribution in [0.15, 0.2) is 42.5 Å². The number of carbonyl (C=O) groups excluding carboxylic acids is 1. The quantitative estimate of drug-likeness (QED) is 0.934.